The maximum Gasteiger partial charge on any atom is 0.335 e. The number of rotatable bonds is 5. The molecule has 4 heteroatoms. The molecule has 1 atom stereocenters. The van der Waals surface area contributed by atoms with Crippen LogP contribution in [0.2, 0.25) is 0 Å². The quantitative estimate of drug-likeness (QED) is 0.855. The lowest BCUT2D eigenvalue weighted by Crippen LogP contribution is -2.51. The molecule has 1 fully saturated rings. The highest BCUT2D eigenvalue weighted by molar-refractivity contribution is 5.88. The second kappa shape index (κ2) is 6.57. The Morgan fingerprint density at radius 2 is 2.37 bits per heavy atom. The summed E-state index contributed by atoms with van der Waals surface area (Å²) in [5.74, 6) is -0.859. The van der Waals surface area contributed by atoms with Crippen LogP contribution in [0.4, 0.5) is 5.69 Å². The summed E-state index contributed by atoms with van der Waals surface area (Å²) in [7, 11) is 0. The first-order chi connectivity index (χ1) is 9.22. The summed E-state index contributed by atoms with van der Waals surface area (Å²) >= 11 is 0. The normalized spacial score (nSPS) is 19.4. The number of carboxylic acids is 1. The van der Waals surface area contributed by atoms with Crippen molar-refractivity contribution in [2.75, 3.05) is 24.5 Å². The number of benzene rings is 1. The van der Waals surface area contributed by atoms with E-state index in [0.717, 1.165) is 31.7 Å². The maximum absolute atomic E-state index is 11.1. The Hall–Kier alpha value is -1.55. The van der Waals surface area contributed by atoms with E-state index in [-0.39, 0.29) is 0 Å². The second-order valence-electron chi connectivity index (χ2n) is 5.05. The van der Waals surface area contributed by atoms with Crippen molar-refractivity contribution in [3.8, 4) is 0 Å². The van der Waals surface area contributed by atoms with Gasteiger partial charge in [-0.2, -0.15) is 0 Å². The van der Waals surface area contributed by atoms with Crippen LogP contribution < -0.4 is 10.2 Å². The Morgan fingerprint density at radius 3 is 3.11 bits per heavy atom. The van der Waals surface area contributed by atoms with E-state index in [1.807, 2.05) is 12.1 Å². The largest absolute Gasteiger partial charge is 0.478 e. The number of piperazine rings is 1. The maximum atomic E-state index is 11.1. The van der Waals surface area contributed by atoms with E-state index in [2.05, 4.69) is 17.1 Å². The van der Waals surface area contributed by atoms with Gasteiger partial charge in [-0.15, -0.1) is 0 Å². The first-order valence-corrected chi connectivity index (χ1v) is 7.03. The Labute approximate surface area is 114 Å². The van der Waals surface area contributed by atoms with Gasteiger partial charge in [-0.3, -0.25) is 0 Å². The molecule has 1 aromatic carbocycles. The molecule has 0 aromatic heterocycles. The van der Waals surface area contributed by atoms with Crippen molar-refractivity contribution in [3.63, 3.8) is 0 Å². The van der Waals surface area contributed by atoms with Gasteiger partial charge in [-0.05, 0) is 24.6 Å². The van der Waals surface area contributed by atoms with Crippen LogP contribution in [0, 0.1) is 0 Å². The van der Waals surface area contributed by atoms with Crippen molar-refractivity contribution in [2.24, 2.45) is 0 Å². The van der Waals surface area contributed by atoms with Crippen molar-refractivity contribution in [1.82, 2.24) is 5.32 Å². The minimum Gasteiger partial charge on any atom is -0.478 e. The number of carbonyl (C=O) groups is 1. The minimum absolute atomic E-state index is 0.366. The number of nitrogens with one attached hydrogen (secondary N) is 1. The molecule has 0 radical (unpaired) electrons. The summed E-state index contributed by atoms with van der Waals surface area (Å²) in [6.45, 7) is 5.08. The number of unbranched alkanes of at least 4 members (excludes halogenated alkanes) is 1. The molecule has 1 aromatic rings. The third-order valence-electron chi connectivity index (χ3n) is 3.67. The molecule has 0 amide bonds. The van der Waals surface area contributed by atoms with Crippen molar-refractivity contribution in [1.29, 1.82) is 0 Å². The topological polar surface area (TPSA) is 52.6 Å². The first kappa shape index (κ1) is 13.9. The smallest absolute Gasteiger partial charge is 0.335 e. The van der Waals surface area contributed by atoms with Crippen LogP contribution in [0.3, 0.4) is 0 Å². The molecule has 0 spiro atoms. The molecule has 1 aliphatic rings. The molecule has 19 heavy (non-hydrogen) atoms. The summed E-state index contributed by atoms with van der Waals surface area (Å²) in [5, 5.41) is 12.5. The zero-order valence-corrected chi connectivity index (χ0v) is 11.4. The van der Waals surface area contributed by atoms with Crippen molar-refractivity contribution in [3.05, 3.63) is 29.8 Å². The van der Waals surface area contributed by atoms with Gasteiger partial charge in [0.1, 0.15) is 0 Å². The summed E-state index contributed by atoms with van der Waals surface area (Å²) in [4.78, 5) is 13.4. The van der Waals surface area contributed by atoms with E-state index in [9.17, 15) is 4.79 Å². The zero-order valence-electron chi connectivity index (χ0n) is 11.4. The van der Waals surface area contributed by atoms with Crippen molar-refractivity contribution < 1.29 is 9.90 Å². The number of aromatic carboxylic acids is 1. The predicted molar refractivity (Wildman–Crippen MR) is 76.9 cm³/mol. The third-order valence-corrected chi connectivity index (χ3v) is 3.67. The summed E-state index contributed by atoms with van der Waals surface area (Å²) < 4.78 is 0. The van der Waals surface area contributed by atoms with Crippen LogP contribution in [-0.2, 0) is 0 Å². The minimum atomic E-state index is -0.859. The lowest BCUT2D eigenvalue weighted by molar-refractivity contribution is 0.0697. The molecule has 1 aliphatic heterocycles. The molecule has 1 heterocycles. The highest BCUT2D eigenvalue weighted by Crippen LogP contribution is 2.22. The number of hydrogen-bond acceptors (Lipinski definition) is 3. The fourth-order valence-corrected chi connectivity index (χ4v) is 2.62. The number of anilines is 1. The van der Waals surface area contributed by atoms with Gasteiger partial charge in [0.15, 0.2) is 0 Å². The van der Waals surface area contributed by atoms with Gasteiger partial charge in [0.05, 0.1) is 5.56 Å². The second-order valence-corrected chi connectivity index (χ2v) is 5.05. The standard InChI is InChI=1S/C15H22N2O2/c1-2-3-6-14-11-16-8-9-17(14)13-7-4-5-12(10-13)15(18)19/h4-5,7,10,14,16H,2-3,6,8-9,11H2,1H3,(H,18,19)/t14-/m0/s1. The molecule has 0 saturated carbocycles. The zero-order chi connectivity index (χ0) is 13.7. The number of hydrogen-bond donors (Lipinski definition) is 2. The molecule has 0 unspecified atom stereocenters. The predicted octanol–water partition coefficient (Wildman–Crippen LogP) is 2.35. The monoisotopic (exact) mass is 262 g/mol. The van der Waals surface area contributed by atoms with E-state index < -0.39 is 5.97 Å². The average Bonchev–Trinajstić information content (AvgIpc) is 2.45. The van der Waals surface area contributed by atoms with Gasteiger partial charge < -0.3 is 15.3 Å². The lowest BCUT2D eigenvalue weighted by Gasteiger charge is -2.38. The fourth-order valence-electron chi connectivity index (χ4n) is 2.62. The van der Waals surface area contributed by atoms with Gasteiger partial charge >= 0.3 is 5.97 Å². The number of nitrogens with zero attached hydrogens (tertiary/aromatic N) is 1. The molecule has 2 rings (SSSR count). The summed E-state index contributed by atoms with van der Waals surface area (Å²) in [6.07, 6.45) is 3.56. The Balaban J connectivity index is 2.16. The van der Waals surface area contributed by atoms with Crippen LogP contribution in [0.25, 0.3) is 0 Å². The van der Waals surface area contributed by atoms with Gasteiger partial charge in [-0.1, -0.05) is 25.8 Å². The highest BCUT2D eigenvalue weighted by atomic mass is 16.4. The molecule has 104 valence electrons. The van der Waals surface area contributed by atoms with Gasteiger partial charge in [0.25, 0.3) is 0 Å². The molecule has 0 bridgehead atoms. The van der Waals surface area contributed by atoms with Gasteiger partial charge in [-0.25, -0.2) is 4.79 Å². The summed E-state index contributed by atoms with van der Waals surface area (Å²) in [5.41, 5.74) is 1.40. The highest BCUT2D eigenvalue weighted by Gasteiger charge is 2.22. The average molecular weight is 262 g/mol. The molecule has 0 aliphatic carbocycles. The Morgan fingerprint density at radius 1 is 1.53 bits per heavy atom. The van der Waals surface area contributed by atoms with E-state index in [0.29, 0.717) is 11.6 Å². The lowest BCUT2D eigenvalue weighted by atomic mass is 10.0. The molecular weight excluding hydrogens is 240 g/mol. The fraction of sp³-hybridized carbons (Fsp3) is 0.533. The number of carboxylic acid groups (broad SMARTS) is 1. The summed E-state index contributed by atoms with van der Waals surface area (Å²) in [6, 6.07) is 7.74. The van der Waals surface area contributed by atoms with Crippen LogP contribution in [0.1, 0.15) is 36.5 Å². The molecule has 4 nitrogen and oxygen atoms in total. The van der Waals surface area contributed by atoms with Crippen molar-refractivity contribution in [2.45, 2.75) is 32.2 Å². The Kier molecular flexibility index (Phi) is 4.80. The third kappa shape index (κ3) is 3.47. The van der Waals surface area contributed by atoms with Crippen LogP contribution in [-0.4, -0.2) is 36.8 Å². The van der Waals surface area contributed by atoms with E-state index in [4.69, 9.17) is 5.11 Å². The van der Waals surface area contributed by atoms with Crippen molar-refractivity contribution >= 4 is 11.7 Å². The molecule has 2 N–H and O–H groups in total. The first-order valence-electron chi connectivity index (χ1n) is 7.03. The van der Waals surface area contributed by atoms with Crippen LogP contribution >= 0.6 is 0 Å². The van der Waals surface area contributed by atoms with Gasteiger partial charge in [0.2, 0.25) is 0 Å². The van der Waals surface area contributed by atoms with Crippen LogP contribution in [0.15, 0.2) is 24.3 Å². The van der Waals surface area contributed by atoms with Crippen LogP contribution in [0.5, 0.6) is 0 Å². The van der Waals surface area contributed by atoms with E-state index in [1.165, 1.54) is 12.8 Å². The van der Waals surface area contributed by atoms with Gasteiger partial charge in [0, 0.05) is 31.4 Å². The SMILES string of the molecule is CCCC[C@H]1CNCCN1c1cccc(C(=O)O)c1. The molecule has 1 saturated heterocycles. The van der Waals surface area contributed by atoms with E-state index >= 15 is 0 Å². The molecular formula is C15H22N2O2. The van der Waals surface area contributed by atoms with E-state index in [1.54, 1.807) is 12.1 Å². The Bertz CT molecular complexity index is 434.